The lowest BCUT2D eigenvalue weighted by molar-refractivity contribution is -0.141. The highest BCUT2D eigenvalue weighted by Gasteiger charge is 2.34. The summed E-state index contributed by atoms with van der Waals surface area (Å²) in [5, 5.41) is 6.39. The van der Waals surface area contributed by atoms with E-state index < -0.39 is 11.9 Å². The van der Waals surface area contributed by atoms with Gasteiger partial charge in [-0.2, -0.15) is 18.3 Å². The highest BCUT2D eigenvalue weighted by atomic mass is 19.4. The molecule has 0 radical (unpaired) electrons. The molecule has 1 N–H and O–H groups in total. The van der Waals surface area contributed by atoms with Crippen molar-refractivity contribution in [3.63, 3.8) is 0 Å². The summed E-state index contributed by atoms with van der Waals surface area (Å²) in [6.07, 6.45) is -4.00. The standard InChI is InChI=1S/C24H26F3N3O2/c1-16-8-9-17(2)21(12-16)32-15-19-6-4-7-20(14-19)23(31)28-10-5-11-30-18(3)13-22(29-30)24(25,26)27/h4,6-9,12-14H,5,10-11,15H2,1-3H3,(H,28,31). The number of aromatic nitrogens is 2. The van der Waals surface area contributed by atoms with Crippen LogP contribution in [0, 0.1) is 20.8 Å². The summed E-state index contributed by atoms with van der Waals surface area (Å²) < 4.78 is 45.4. The van der Waals surface area contributed by atoms with Gasteiger partial charge < -0.3 is 10.1 Å². The monoisotopic (exact) mass is 445 g/mol. The molecular formula is C24H26F3N3O2. The Kier molecular flexibility index (Phi) is 7.22. The maximum Gasteiger partial charge on any atom is 0.435 e. The van der Waals surface area contributed by atoms with Gasteiger partial charge in [-0.05, 0) is 68.1 Å². The molecule has 0 fully saturated rings. The third kappa shape index (κ3) is 6.12. The summed E-state index contributed by atoms with van der Waals surface area (Å²) in [4.78, 5) is 12.5. The normalized spacial score (nSPS) is 11.4. The zero-order valence-electron chi connectivity index (χ0n) is 18.3. The predicted molar refractivity (Wildman–Crippen MR) is 116 cm³/mol. The van der Waals surface area contributed by atoms with E-state index >= 15 is 0 Å². The number of carbonyl (C=O) groups excluding carboxylic acids is 1. The van der Waals surface area contributed by atoms with E-state index in [1.807, 2.05) is 38.1 Å². The van der Waals surface area contributed by atoms with Crippen LogP contribution in [0.3, 0.4) is 0 Å². The van der Waals surface area contributed by atoms with Gasteiger partial charge in [-0.3, -0.25) is 9.48 Å². The summed E-state index contributed by atoms with van der Waals surface area (Å²) in [6.45, 7) is 6.50. The molecular weight excluding hydrogens is 419 g/mol. The van der Waals surface area contributed by atoms with Gasteiger partial charge in [0.1, 0.15) is 12.4 Å². The maximum absolute atomic E-state index is 12.7. The van der Waals surface area contributed by atoms with Crippen LogP contribution in [-0.4, -0.2) is 22.2 Å². The number of alkyl halides is 3. The summed E-state index contributed by atoms with van der Waals surface area (Å²) >= 11 is 0. The van der Waals surface area contributed by atoms with Crippen LogP contribution in [0.4, 0.5) is 13.2 Å². The fraction of sp³-hybridized carbons (Fsp3) is 0.333. The van der Waals surface area contributed by atoms with Gasteiger partial charge in [-0.25, -0.2) is 0 Å². The van der Waals surface area contributed by atoms with E-state index in [0.29, 0.717) is 30.8 Å². The Labute approximate surface area is 185 Å². The Morgan fingerprint density at radius 1 is 1.09 bits per heavy atom. The van der Waals surface area contributed by atoms with Gasteiger partial charge >= 0.3 is 6.18 Å². The summed E-state index contributed by atoms with van der Waals surface area (Å²) in [5.74, 6) is 0.564. The second-order valence-corrected chi connectivity index (χ2v) is 7.76. The number of hydrogen-bond donors (Lipinski definition) is 1. The van der Waals surface area contributed by atoms with Gasteiger partial charge in [-0.1, -0.05) is 24.3 Å². The van der Waals surface area contributed by atoms with Gasteiger partial charge in [0.2, 0.25) is 0 Å². The van der Waals surface area contributed by atoms with E-state index in [4.69, 9.17) is 4.74 Å². The molecule has 0 saturated carbocycles. The molecule has 0 saturated heterocycles. The molecule has 1 aromatic heterocycles. The second kappa shape index (κ2) is 9.89. The largest absolute Gasteiger partial charge is 0.489 e. The first-order valence-electron chi connectivity index (χ1n) is 10.3. The lowest BCUT2D eigenvalue weighted by Crippen LogP contribution is -2.25. The number of benzene rings is 2. The molecule has 0 aliphatic carbocycles. The van der Waals surface area contributed by atoms with Crippen molar-refractivity contribution >= 4 is 5.91 Å². The van der Waals surface area contributed by atoms with E-state index in [2.05, 4.69) is 10.4 Å². The Bertz CT molecular complexity index is 1090. The summed E-state index contributed by atoms with van der Waals surface area (Å²) in [7, 11) is 0. The molecule has 3 rings (SSSR count). The number of carbonyl (C=O) groups is 1. The van der Waals surface area contributed by atoms with E-state index in [1.54, 1.807) is 25.1 Å². The molecule has 0 bridgehead atoms. The average Bonchev–Trinajstić information content (AvgIpc) is 3.13. The molecule has 1 amide bonds. The van der Waals surface area contributed by atoms with Crippen molar-refractivity contribution in [3.05, 3.63) is 82.2 Å². The Morgan fingerprint density at radius 3 is 2.59 bits per heavy atom. The fourth-order valence-corrected chi connectivity index (χ4v) is 3.23. The first-order chi connectivity index (χ1) is 15.1. The van der Waals surface area contributed by atoms with Gasteiger partial charge in [0.05, 0.1) is 0 Å². The Morgan fingerprint density at radius 2 is 1.88 bits per heavy atom. The maximum atomic E-state index is 12.7. The van der Waals surface area contributed by atoms with Crippen LogP contribution >= 0.6 is 0 Å². The van der Waals surface area contributed by atoms with Crippen molar-refractivity contribution in [3.8, 4) is 5.75 Å². The van der Waals surface area contributed by atoms with E-state index in [9.17, 15) is 18.0 Å². The zero-order chi connectivity index (χ0) is 23.3. The molecule has 0 unspecified atom stereocenters. The SMILES string of the molecule is Cc1ccc(C)c(OCc2cccc(C(=O)NCCCn3nc(C(F)(F)F)cc3C)c2)c1. The number of amides is 1. The molecule has 0 atom stereocenters. The van der Waals surface area contributed by atoms with Crippen LogP contribution < -0.4 is 10.1 Å². The summed E-state index contributed by atoms with van der Waals surface area (Å²) in [6, 6.07) is 14.2. The topological polar surface area (TPSA) is 56.1 Å². The van der Waals surface area contributed by atoms with Gasteiger partial charge in [0, 0.05) is 24.3 Å². The fourth-order valence-electron chi connectivity index (χ4n) is 3.23. The smallest absolute Gasteiger partial charge is 0.435 e. The molecule has 5 nitrogen and oxygen atoms in total. The predicted octanol–water partition coefficient (Wildman–Crippen LogP) is 5.23. The van der Waals surface area contributed by atoms with Crippen LogP contribution in [0.25, 0.3) is 0 Å². The second-order valence-electron chi connectivity index (χ2n) is 7.76. The quantitative estimate of drug-likeness (QED) is 0.484. The summed E-state index contributed by atoms with van der Waals surface area (Å²) in [5.41, 5.74) is 3.05. The number of nitrogens with zero attached hydrogens (tertiary/aromatic N) is 2. The number of aryl methyl sites for hydroxylation is 4. The van der Waals surface area contributed by atoms with Crippen molar-refractivity contribution in [2.24, 2.45) is 0 Å². The van der Waals surface area contributed by atoms with Crippen molar-refractivity contribution in [2.45, 2.75) is 46.5 Å². The molecule has 32 heavy (non-hydrogen) atoms. The third-order valence-corrected chi connectivity index (χ3v) is 5.03. The van der Waals surface area contributed by atoms with Crippen LogP contribution in [-0.2, 0) is 19.3 Å². The van der Waals surface area contributed by atoms with Gasteiger partial charge in [-0.15, -0.1) is 0 Å². The van der Waals surface area contributed by atoms with Crippen LogP contribution in [0.15, 0.2) is 48.5 Å². The molecule has 1 heterocycles. The first kappa shape index (κ1) is 23.4. The van der Waals surface area contributed by atoms with E-state index in [0.717, 1.165) is 28.5 Å². The van der Waals surface area contributed by atoms with E-state index in [1.165, 1.54) is 4.68 Å². The highest BCUT2D eigenvalue weighted by molar-refractivity contribution is 5.94. The van der Waals surface area contributed by atoms with Crippen LogP contribution in [0.5, 0.6) is 5.75 Å². The molecule has 0 aliphatic rings. The Balaban J connectivity index is 1.50. The molecule has 2 aromatic carbocycles. The van der Waals surface area contributed by atoms with Crippen molar-refractivity contribution < 1.29 is 22.7 Å². The first-order valence-corrected chi connectivity index (χ1v) is 10.3. The minimum atomic E-state index is -4.46. The molecule has 3 aromatic rings. The number of ether oxygens (including phenoxy) is 1. The third-order valence-electron chi connectivity index (χ3n) is 5.03. The highest BCUT2D eigenvalue weighted by Crippen LogP contribution is 2.28. The van der Waals surface area contributed by atoms with E-state index in [-0.39, 0.29) is 12.5 Å². The lowest BCUT2D eigenvalue weighted by atomic mass is 10.1. The number of halogens is 3. The van der Waals surface area contributed by atoms with Crippen LogP contribution in [0.1, 0.15) is 44.9 Å². The van der Waals surface area contributed by atoms with Crippen LogP contribution in [0.2, 0.25) is 0 Å². The molecule has 170 valence electrons. The molecule has 0 spiro atoms. The van der Waals surface area contributed by atoms with Gasteiger partial charge in [0.25, 0.3) is 5.91 Å². The number of hydrogen-bond acceptors (Lipinski definition) is 3. The minimum absolute atomic E-state index is 0.244. The average molecular weight is 445 g/mol. The van der Waals surface area contributed by atoms with Crippen molar-refractivity contribution in [2.75, 3.05) is 6.54 Å². The lowest BCUT2D eigenvalue weighted by Gasteiger charge is -2.11. The van der Waals surface area contributed by atoms with Gasteiger partial charge in [0.15, 0.2) is 5.69 Å². The molecule has 0 aliphatic heterocycles. The van der Waals surface area contributed by atoms with Crippen molar-refractivity contribution in [1.82, 2.24) is 15.1 Å². The number of nitrogens with one attached hydrogen (secondary N) is 1. The zero-order valence-corrected chi connectivity index (χ0v) is 18.3. The number of rotatable bonds is 8. The van der Waals surface area contributed by atoms with Crippen molar-refractivity contribution in [1.29, 1.82) is 0 Å². The molecule has 8 heteroatoms. The Hall–Kier alpha value is -3.29. The minimum Gasteiger partial charge on any atom is -0.489 e.